The highest BCUT2D eigenvalue weighted by atomic mass is 16.7. The van der Waals surface area contributed by atoms with Crippen molar-refractivity contribution < 1.29 is 19.0 Å². The van der Waals surface area contributed by atoms with Crippen LogP contribution < -0.4 is 4.74 Å². The van der Waals surface area contributed by atoms with Gasteiger partial charge >= 0.3 is 5.97 Å². The smallest absolute Gasteiger partial charge is 0.302 e. The Bertz CT molecular complexity index is 413. The fraction of sp³-hybridized carbons (Fsp3) is 0.588. The van der Waals surface area contributed by atoms with E-state index in [2.05, 4.69) is 26.0 Å². The van der Waals surface area contributed by atoms with Crippen LogP contribution in [0, 0.1) is 0 Å². The molecule has 2 unspecified atom stereocenters. The highest BCUT2D eigenvalue weighted by Gasteiger charge is 2.06. The molecular formula is C17H26O4. The summed E-state index contributed by atoms with van der Waals surface area (Å²) in [6, 6.07) is 8.13. The van der Waals surface area contributed by atoms with Crippen molar-refractivity contribution in [1.82, 2.24) is 0 Å². The zero-order valence-corrected chi connectivity index (χ0v) is 13.4. The fourth-order valence-corrected chi connectivity index (χ4v) is 1.86. The molecule has 0 aliphatic rings. The lowest BCUT2D eigenvalue weighted by Crippen LogP contribution is -2.18. The Kier molecular flexibility index (Phi) is 7.83. The van der Waals surface area contributed by atoms with E-state index in [1.165, 1.54) is 12.5 Å². The Balaban J connectivity index is 2.27. The van der Waals surface area contributed by atoms with Gasteiger partial charge in [-0.3, -0.25) is 4.79 Å². The van der Waals surface area contributed by atoms with Gasteiger partial charge in [0, 0.05) is 13.3 Å². The Hall–Kier alpha value is -1.55. The minimum atomic E-state index is -0.322. The molecule has 0 aromatic heterocycles. The number of benzene rings is 1. The summed E-state index contributed by atoms with van der Waals surface area (Å²) in [4.78, 5) is 10.6. The van der Waals surface area contributed by atoms with Crippen LogP contribution in [0.3, 0.4) is 0 Å². The maximum absolute atomic E-state index is 10.6. The predicted molar refractivity (Wildman–Crippen MR) is 82.4 cm³/mol. The zero-order chi connectivity index (χ0) is 15.7. The summed E-state index contributed by atoms with van der Waals surface area (Å²) < 4.78 is 16.0. The lowest BCUT2D eigenvalue weighted by atomic mass is 9.99. The maximum Gasteiger partial charge on any atom is 0.302 e. The summed E-state index contributed by atoms with van der Waals surface area (Å²) in [6.07, 6.45) is 1.47. The standard InChI is InChI=1S/C17H26O4/c1-5-13(2)16-7-9-17(10-8-16)21-15(4)20-12-6-11-19-14(3)18/h7-10,13,15H,5-6,11-12H2,1-4H3. The van der Waals surface area contributed by atoms with Crippen molar-refractivity contribution in [2.75, 3.05) is 13.2 Å². The fourth-order valence-electron chi connectivity index (χ4n) is 1.86. The minimum Gasteiger partial charge on any atom is -0.466 e. The first kappa shape index (κ1) is 17.5. The second-order valence-electron chi connectivity index (χ2n) is 5.13. The van der Waals surface area contributed by atoms with Gasteiger partial charge in [-0.25, -0.2) is 0 Å². The normalized spacial score (nSPS) is 13.5. The van der Waals surface area contributed by atoms with Gasteiger partial charge in [0.25, 0.3) is 0 Å². The number of hydrogen-bond acceptors (Lipinski definition) is 4. The van der Waals surface area contributed by atoms with Gasteiger partial charge in [-0.2, -0.15) is 0 Å². The van der Waals surface area contributed by atoms with E-state index in [0.29, 0.717) is 25.6 Å². The number of carbonyl (C=O) groups excluding carboxylic acids is 1. The van der Waals surface area contributed by atoms with Crippen LogP contribution in [0.4, 0.5) is 0 Å². The zero-order valence-electron chi connectivity index (χ0n) is 13.4. The van der Waals surface area contributed by atoms with E-state index in [0.717, 1.165) is 12.2 Å². The molecule has 0 fully saturated rings. The third-order valence-electron chi connectivity index (χ3n) is 3.31. The van der Waals surface area contributed by atoms with Gasteiger partial charge in [0.15, 0.2) is 6.29 Å². The maximum atomic E-state index is 10.6. The second kappa shape index (κ2) is 9.40. The quantitative estimate of drug-likeness (QED) is 0.394. The number of hydrogen-bond donors (Lipinski definition) is 0. The first-order valence-electron chi connectivity index (χ1n) is 7.54. The molecule has 0 aliphatic heterocycles. The topological polar surface area (TPSA) is 44.8 Å². The summed E-state index contributed by atoms with van der Waals surface area (Å²) in [6.45, 7) is 8.53. The molecule has 0 heterocycles. The van der Waals surface area contributed by atoms with Gasteiger partial charge in [0.2, 0.25) is 0 Å². The molecule has 0 aliphatic carbocycles. The molecule has 0 radical (unpaired) electrons. The second-order valence-corrected chi connectivity index (χ2v) is 5.13. The van der Waals surface area contributed by atoms with Gasteiger partial charge in [0.1, 0.15) is 5.75 Å². The highest BCUT2D eigenvalue weighted by molar-refractivity contribution is 5.65. The van der Waals surface area contributed by atoms with E-state index >= 15 is 0 Å². The van der Waals surface area contributed by atoms with Crippen molar-refractivity contribution in [2.24, 2.45) is 0 Å². The largest absolute Gasteiger partial charge is 0.466 e. The monoisotopic (exact) mass is 294 g/mol. The molecule has 0 N–H and O–H groups in total. The van der Waals surface area contributed by atoms with Crippen LogP contribution in [-0.4, -0.2) is 25.5 Å². The summed E-state index contributed by atoms with van der Waals surface area (Å²) in [7, 11) is 0. The summed E-state index contributed by atoms with van der Waals surface area (Å²) in [5.74, 6) is 1.10. The average Bonchev–Trinajstić information content (AvgIpc) is 2.46. The van der Waals surface area contributed by atoms with Crippen molar-refractivity contribution in [3.63, 3.8) is 0 Å². The van der Waals surface area contributed by atoms with E-state index < -0.39 is 0 Å². The lowest BCUT2D eigenvalue weighted by Gasteiger charge is -2.16. The van der Waals surface area contributed by atoms with E-state index in [1.54, 1.807) is 0 Å². The Morgan fingerprint density at radius 3 is 2.38 bits per heavy atom. The first-order valence-corrected chi connectivity index (χ1v) is 7.54. The average molecular weight is 294 g/mol. The number of carbonyl (C=O) groups is 1. The number of ether oxygens (including phenoxy) is 3. The molecule has 2 atom stereocenters. The molecule has 0 saturated carbocycles. The van der Waals surface area contributed by atoms with E-state index in [4.69, 9.17) is 14.2 Å². The first-order chi connectivity index (χ1) is 10.0. The molecule has 1 aromatic rings. The van der Waals surface area contributed by atoms with Crippen LogP contribution in [0.25, 0.3) is 0 Å². The van der Waals surface area contributed by atoms with Crippen molar-refractivity contribution in [3.8, 4) is 5.75 Å². The van der Waals surface area contributed by atoms with Crippen LogP contribution in [-0.2, 0) is 14.3 Å². The summed E-state index contributed by atoms with van der Waals surface area (Å²) in [5, 5.41) is 0. The highest BCUT2D eigenvalue weighted by Crippen LogP contribution is 2.22. The molecular weight excluding hydrogens is 268 g/mol. The molecule has 0 saturated heterocycles. The molecule has 1 aromatic carbocycles. The minimum absolute atomic E-state index is 0.263. The van der Waals surface area contributed by atoms with E-state index in [1.807, 2.05) is 19.1 Å². The van der Waals surface area contributed by atoms with Crippen molar-refractivity contribution >= 4 is 5.97 Å². The van der Waals surface area contributed by atoms with Crippen molar-refractivity contribution in [1.29, 1.82) is 0 Å². The third kappa shape index (κ3) is 7.14. The SMILES string of the molecule is CCC(C)c1ccc(OC(C)OCCCOC(C)=O)cc1. The molecule has 4 nitrogen and oxygen atoms in total. The lowest BCUT2D eigenvalue weighted by molar-refractivity contribution is -0.141. The van der Waals surface area contributed by atoms with E-state index in [-0.39, 0.29) is 12.3 Å². The van der Waals surface area contributed by atoms with Crippen molar-refractivity contribution in [3.05, 3.63) is 29.8 Å². The molecule has 0 bridgehead atoms. The van der Waals surface area contributed by atoms with Gasteiger partial charge in [0.05, 0.1) is 13.2 Å². The van der Waals surface area contributed by atoms with E-state index in [9.17, 15) is 4.79 Å². The Morgan fingerprint density at radius 2 is 1.81 bits per heavy atom. The van der Waals surface area contributed by atoms with Crippen LogP contribution in [0.2, 0.25) is 0 Å². The molecule has 118 valence electrons. The number of esters is 1. The summed E-state index contributed by atoms with van der Waals surface area (Å²) >= 11 is 0. The van der Waals surface area contributed by atoms with Gasteiger partial charge in [-0.05, 0) is 37.0 Å². The molecule has 21 heavy (non-hydrogen) atoms. The van der Waals surface area contributed by atoms with Gasteiger partial charge in [-0.1, -0.05) is 26.0 Å². The Morgan fingerprint density at radius 1 is 1.14 bits per heavy atom. The van der Waals surface area contributed by atoms with Gasteiger partial charge in [-0.15, -0.1) is 0 Å². The molecule has 0 amide bonds. The molecule has 1 rings (SSSR count). The molecule has 0 spiro atoms. The van der Waals surface area contributed by atoms with Crippen LogP contribution in [0.15, 0.2) is 24.3 Å². The summed E-state index contributed by atoms with van der Waals surface area (Å²) in [5.41, 5.74) is 1.32. The third-order valence-corrected chi connectivity index (χ3v) is 3.31. The van der Waals surface area contributed by atoms with Crippen molar-refractivity contribution in [2.45, 2.75) is 52.7 Å². The predicted octanol–water partition coefficient (Wildman–Crippen LogP) is 3.89. The van der Waals surface area contributed by atoms with Crippen LogP contribution in [0.5, 0.6) is 5.75 Å². The van der Waals surface area contributed by atoms with Gasteiger partial charge < -0.3 is 14.2 Å². The van der Waals surface area contributed by atoms with Crippen LogP contribution in [0.1, 0.15) is 52.0 Å². The Labute approximate surface area is 127 Å². The molecule has 4 heteroatoms. The number of rotatable bonds is 9. The van der Waals surface area contributed by atoms with Crippen LogP contribution >= 0.6 is 0 Å².